The van der Waals surface area contributed by atoms with Crippen LogP contribution in [0.15, 0.2) is 47.5 Å². The van der Waals surface area contributed by atoms with Gasteiger partial charge in [0.1, 0.15) is 6.07 Å². The van der Waals surface area contributed by atoms with Crippen LogP contribution in [0.1, 0.15) is 67.2 Å². The molecule has 1 N–H and O–H groups in total. The molecule has 0 fully saturated rings. The Kier molecular flexibility index (Phi) is 7.54. The van der Waals surface area contributed by atoms with Gasteiger partial charge in [0.2, 0.25) is 5.91 Å². The average molecular weight is 524 g/mol. The van der Waals surface area contributed by atoms with Crippen LogP contribution in [0.25, 0.3) is 0 Å². The summed E-state index contributed by atoms with van der Waals surface area (Å²) in [5.74, 6) is 0.149. The number of anilines is 1. The molecule has 10 heteroatoms. The van der Waals surface area contributed by atoms with Gasteiger partial charge in [-0.15, -0.1) is 11.3 Å². The van der Waals surface area contributed by atoms with Gasteiger partial charge in [-0.2, -0.15) is 5.26 Å². The van der Waals surface area contributed by atoms with Gasteiger partial charge in [-0.1, -0.05) is 32.9 Å². The van der Waals surface area contributed by atoms with Crippen molar-refractivity contribution in [1.82, 2.24) is 14.9 Å². The third-order valence-electron chi connectivity index (χ3n) is 6.44. The number of nitriles is 1. The van der Waals surface area contributed by atoms with Crippen LogP contribution < -0.4 is 5.32 Å². The summed E-state index contributed by atoms with van der Waals surface area (Å²) in [5, 5.41) is 12.5. The first-order valence-electron chi connectivity index (χ1n) is 11.9. The smallest absolute Gasteiger partial charge is 0.230 e. The number of hydrogen-bond acceptors (Lipinski definition) is 8. The van der Waals surface area contributed by atoms with E-state index >= 15 is 0 Å². The second kappa shape index (κ2) is 10.5. The molecule has 8 nitrogen and oxygen atoms in total. The molecule has 1 aliphatic rings. The molecule has 36 heavy (non-hydrogen) atoms. The van der Waals surface area contributed by atoms with E-state index in [1.54, 1.807) is 43.5 Å². The lowest BCUT2D eigenvalue weighted by atomic mass is 10.00. The van der Waals surface area contributed by atoms with Gasteiger partial charge in [-0.05, 0) is 42.7 Å². The maximum absolute atomic E-state index is 12.7. The molecule has 0 saturated carbocycles. The summed E-state index contributed by atoms with van der Waals surface area (Å²) in [6.45, 7) is 8.75. The minimum Gasteiger partial charge on any atom is -0.302 e. The zero-order valence-electron chi connectivity index (χ0n) is 20.7. The van der Waals surface area contributed by atoms with Crippen LogP contribution in [0, 0.1) is 17.2 Å². The standard InChI is InChI=1S/C26H29N5O3S2/c1-5-36(33,34)20-9-6-18(7-10-20)12-23(32)29-26-30-24-22(35-26)15-31(25(24)16(2)3)17(4)21-11-8-19(13-27)14-28-21/h6-11,14,16-17,25H,5,12,15H2,1-4H3,(H,29,30,32)/t17-,25+/m1/s1. The van der Waals surface area contributed by atoms with Crippen molar-refractivity contribution in [3.05, 3.63) is 70.0 Å². The molecule has 188 valence electrons. The number of hydrogen-bond donors (Lipinski definition) is 1. The number of aromatic nitrogens is 2. The Bertz CT molecular complexity index is 1390. The first-order chi connectivity index (χ1) is 17.1. The SMILES string of the molecule is CCS(=O)(=O)c1ccc(CC(=O)Nc2nc3c(s2)CN([C@H](C)c2ccc(C#N)cn2)[C@H]3C(C)C)cc1. The number of thiazole rings is 1. The van der Waals surface area contributed by atoms with E-state index in [4.69, 9.17) is 10.2 Å². The third-order valence-corrected chi connectivity index (χ3v) is 9.16. The van der Waals surface area contributed by atoms with Crippen molar-refractivity contribution in [2.45, 2.75) is 57.6 Å². The van der Waals surface area contributed by atoms with Gasteiger partial charge in [-0.25, -0.2) is 13.4 Å². The van der Waals surface area contributed by atoms with E-state index in [-0.39, 0.29) is 35.1 Å². The van der Waals surface area contributed by atoms with Crippen molar-refractivity contribution in [3.8, 4) is 6.07 Å². The molecule has 0 spiro atoms. The summed E-state index contributed by atoms with van der Waals surface area (Å²) in [7, 11) is -3.26. The van der Waals surface area contributed by atoms with Gasteiger partial charge in [0.05, 0.1) is 46.1 Å². The topological polar surface area (TPSA) is 116 Å². The first-order valence-corrected chi connectivity index (χ1v) is 14.3. The van der Waals surface area contributed by atoms with Crippen molar-refractivity contribution in [1.29, 1.82) is 5.26 Å². The predicted octanol–water partition coefficient (Wildman–Crippen LogP) is 4.66. The molecule has 3 heterocycles. The molecule has 3 aromatic rings. The highest BCUT2D eigenvalue weighted by Gasteiger charge is 2.39. The lowest BCUT2D eigenvalue weighted by Crippen LogP contribution is -2.29. The number of benzene rings is 1. The summed E-state index contributed by atoms with van der Waals surface area (Å²) in [6, 6.07) is 12.4. The zero-order valence-corrected chi connectivity index (χ0v) is 22.4. The molecule has 0 bridgehead atoms. The van der Waals surface area contributed by atoms with Crippen molar-refractivity contribution in [3.63, 3.8) is 0 Å². The Morgan fingerprint density at radius 2 is 1.94 bits per heavy atom. The average Bonchev–Trinajstić information content (AvgIpc) is 3.41. The van der Waals surface area contributed by atoms with Crippen LogP contribution in [-0.2, 0) is 27.6 Å². The van der Waals surface area contributed by atoms with Crippen molar-refractivity contribution >= 4 is 32.2 Å². The van der Waals surface area contributed by atoms with Gasteiger partial charge in [-0.3, -0.25) is 14.7 Å². The number of carbonyl (C=O) groups excluding carboxylic acids is 1. The van der Waals surface area contributed by atoms with Gasteiger partial charge in [0.15, 0.2) is 15.0 Å². The second-order valence-corrected chi connectivity index (χ2v) is 12.6. The number of nitrogens with zero attached hydrogens (tertiary/aromatic N) is 4. The fraction of sp³-hybridized carbons (Fsp3) is 0.385. The maximum Gasteiger partial charge on any atom is 0.230 e. The summed E-state index contributed by atoms with van der Waals surface area (Å²) < 4.78 is 24.0. The predicted molar refractivity (Wildman–Crippen MR) is 139 cm³/mol. The Morgan fingerprint density at radius 1 is 1.22 bits per heavy atom. The number of carbonyl (C=O) groups is 1. The Labute approximate surface area is 215 Å². The van der Waals surface area contributed by atoms with Crippen LogP contribution in [0.2, 0.25) is 0 Å². The van der Waals surface area contributed by atoms with Crippen LogP contribution in [-0.4, -0.2) is 34.9 Å². The third kappa shape index (κ3) is 5.33. The molecule has 0 unspecified atom stereocenters. The van der Waals surface area contributed by atoms with E-state index < -0.39 is 9.84 Å². The van der Waals surface area contributed by atoms with Crippen molar-refractivity contribution in [2.75, 3.05) is 11.1 Å². The molecule has 4 rings (SSSR count). The number of fused-ring (bicyclic) bond motifs is 1. The highest BCUT2D eigenvalue weighted by atomic mass is 32.2. The van der Waals surface area contributed by atoms with E-state index in [9.17, 15) is 13.2 Å². The van der Waals surface area contributed by atoms with Crippen LogP contribution in [0.3, 0.4) is 0 Å². The molecule has 0 radical (unpaired) electrons. The molecule has 1 aliphatic heterocycles. The summed E-state index contributed by atoms with van der Waals surface area (Å²) in [4.78, 5) is 25.7. The molecular weight excluding hydrogens is 494 g/mol. The normalized spacial score (nSPS) is 16.5. The van der Waals surface area contributed by atoms with Crippen molar-refractivity contribution < 1.29 is 13.2 Å². The lowest BCUT2D eigenvalue weighted by Gasteiger charge is -2.32. The lowest BCUT2D eigenvalue weighted by molar-refractivity contribution is -0.115. The Balaban J connectivity index is 1.45. The molecule has 2 aromatic heterocycles. The number of rotatable bonds is 8. The molecule has 0 aliphatic carbocycles. The fourth-order valence-electron chi connectivity index (χ4n) is 4.48. The maximum atomic E-state index is 12.7. The first kappa shape index (κ1) is 25.9. The summed E-state index contributed by atoms with van der Waals surface area (Å²) in [5.41, 5.74) is 3.17. The van der Waals surface area contributed by atoms with E-state index in [1.807, 2.05) is 6.07 Å². The van der Waals surface area contributed by atoms with Gasteiger partial charge in [0.25, 0.3) is 0 Å². The number of pyridine rings is 1. The van der Waals surface area contributed by atoms with Crippen molar-refractivity contribution in [2.24, 2.45) is 5.92 Å². The van der Waals surface area contributed by atoms with Gasteiger partial charge in [0, 0.05) is 17.6 Å². The molecular formula is C26H29N5O3S2. The summed E-state index contributed by atoms with van der Waals surface area (Å²) >= 11 is 1.49. The quantitative estimate of drug-likeness (QED) is 0.456. The largest absolute Gasteiger partial charge is 0.302 e. The molecule has 1 amide bonds. The Hall–Kier alpha value is -3.13. The van der Waals surface area contributed by atoms with E-state index in [0.29, 0.717) is 23.2 Å². The number of sulfone groups is 1. The van der Waals surface area contributed by atoms with E-state index in [1.165, 1.54) is 11.3 Å². The Morgan fingerprint density at radius 3 is 2.53 bits per heavy atom. The molecule has 1 aromatic carbocycles. The molecule has 2 atom stereocenters. The van der Waals surface area contributed by atoms with Crippen LogP contribution in [0.5, 0.6) is 0 Å². The number of nitrogens with one attached hydrogen (secondary N) is 1. The highest BCUT2D eigenvalue weighted by Crippen LogP contribution is 2.46. The second-order valence-electron chi connectivity index (χ2n) is 9.22. The van der Waals surface area contributed by atoms with E-state index in [2.05, 4.69) is 42.0 Å². The fourth-order valence-corrected chi connectivity index (χ4v) is 6.39. The highest BCUT2D eigenvalue weighted by molar-refractivity contribution is 7.91. The monoisotopic (exact) mass is 523 g/mol. The molecule has 0 saturated heterocycles. The minimum atomic E-state index is -3.26. The summed E-state index contributed by atoms with van der Waals surface area (Å²) in [6.07, 6.45) is 1.74. The van der Waals surface area contributed by atoms with Crippen LogP contribution >= 0.6 is 11.3 Å². The minimum absolute atomic E-state index is 0.0408. The van der Waals surface area contributed by atoms with Gasteiger partial charge < -0.3 is 5.32 Å². The van der Waals surface area contributed by atoms with Crippen LogP contribution in [0.4, 0.5) is 5.13 Å². The zero-order chi connectivity index (χ0) is 26.0. The van der Waals surface area contributed by atoms with Gasteiger partial charge >= 0.3 is 0 Å². The van der Waals surface area contributed by atoms with E-state index in [0.717, 1.165) is 21.8 Å². The number of amides is 1.